The molecule has 1 atom stereocenters. The molecular formula is C40H49N7O5. The molecule has 2 heterocycles. The van der Waals surface area contributed by atoms with Gasteiger partial charge in [-0.25, -0.2) is 14.6 Å². The summed E-state index contributed by atoms with van der Waals surface area (Å²) >= 11 is 0. The van der Waals surface area contributed by atoms with Crippen LogP contribution in [-0.4, -0.2) is 56.0 Å². The number of hydrogen-bond donors (Lipinski definition) is 6. The zero-order valence-corrected chi connectivity index (χ0v) is 30.7. The van der Waals surface area contributed by atoms with Crippen molar-refractivity contribution in [1.82, 2.24) is 30.6 Å². The number of fused-ring (bicyclic) bond motifs is 2. The van der Waals surface area contributed by atoms with Gasteiger partial charge in [0.1, 0.15) is 17.5 Å². The highest BCUT2D eigenvalue weighted by molar-refractivity contribution is 5.99. The van der Waals surface area contributed by atoms with Crippen molar-refractivity contribution in [1.29, 1.82) is 0 Å². The number of rotatable bonds is 10. The normalized spacial score (nSPS) is 16.9. The van der Waals surface area contributed by atoms with Crippen LogP contribution in [0.1, 0.15) is 83.2 Å². The van der Waals surface area contributed by atoms with Gasteiger partial charge in [-0.3, -0.25) is 9.59 Å². The summed E-state index contributed by atoms with van der Waals surface area (Å²) in [5.74, 6) is 0.740. The summed E-state index contributed by atoms with van der Waals surface area (Å²) in [5.41, 5.74) is 6.88. The quantitative estimate of drug-likeness (QED) is 0.0928. The number of aryl methyl sites for hydroxylation is 1. The highest BCUT2D eigenvalue weighted by Crippen LogP contribution is 2.31. The van der Waals surface area contributed by atoms with Gasteiger partial charge in [-0.2, -0.15) is 0 Å². The van der Waals surface area contributed by atoms with E-state index in [1.54, 1.807) is 18.2 Å². The van der Waals surface area contributed by atoms with Crippen molar-refractivity contribution in [2.24, 2.45) is 11.8 Å². The van der Waals surface area contributed by atoms with Crippen molar-refractivity contribution in [3.05, 3.63) is 82.0 Å². The number of anilines is 1. The van der Waals surface area contributed by atoms with Gasteiger partial charge in [-0.15, -0.1) is 0 Å². The van der Waals surface area contributed by atoms with E-state index in [0.717, 1.165) is 52.0 Å². The molecule has 0 aliphatic heterocycles. The number of benzene rings is 3. The largest absolute Gasteiger partial charge is 0.444 e. The van der Waals surface area contributed by atoms with Gasteiger partial charge < -0.3 is 35.6 Å². The molecule has 0 saturated heterocycles. The molecule has 6 N–H and O–H groups in total. The summed E-state index contributed by atoms with van der Waals surface area (Å²) < 4.78 is 5.35. The molecule has 3 amide bonds. The number of nitrogens with one attached hydrogen (secondary N) is 6. The molecule has 274 valence electrons. The van der Waals surface area contributed by atoms with E-state index in [4.69, 9.17) is 9.72 Å². The monoisotopic (exact) mass is 707 g/mol. The smallest absolute Gasteiger partial charge is 0.407 e. The third kappa shape index (κ3) is 8.90. The minimum Gasteiger partial charge on any atom is -0.444 e. The highest BCUT2D eigenvalue weighted by Gasteiger charge is 2.30. The van der Waals surface area contributed by atoms with Crippen molar-refractivity contribution < 1.29 is 19.1 Å². The number of aromatic amines is 3. The van der Waals surface area contributed by atoms with E-state index in [-0.39, 0.29) is 35.8 Å². The second-order valence-electron chi connectivity index (χ2n) is 15.4. The van der Waals surface area contributed by atoms with E-state index in [0.29, 0.717) is 42.0 Å². The Hall–Kier alpha value is -5.39. The number of imidazole rings is 2. The maximum Gasteiger partial charge on any atom is 0.407 e. The molecule has 1 aliphatic carbocycles. The van der Waals surface area contributed by atoms with Crippen LogP contribution in [0.2, 0.25) is 0 Å². The van der Waals surface area contributed by atoms with Crippen molar-refractivity contribution >= 4 is 45.7 Å². The highest BCUT2D eigenvalue weighted by atomic mass is 16.6. The number of H-pyrrole nitrogens is 3. The fourth-order valence-electron chi connectivity index (χ4n) is 6.83. The SMILES string of the molecule is Cc1cc2[nH]c(C(C)C)nc2cc1-c1ccc(C[C@H](NC(=O)C2CCC(CNC(=O)OC(C)(C)C)CC2)C(=O)Nc2ccc3[nH]c(=O)[nH]c3c2)cc1. The van der Waals surface area contributed by atoms with Gasteiger partial charge in [0.15, 0.2) is 0 Å². The first-order chi connectivity index (χ1) is 24.7. The second-order valence-corrected chi connectivity index (χ2v) is 15.4. The summed E-state index contributed by atoms with van der Waals surface area (Å²) in [7, 11) is 0. The standard InChI is InChI=1S/C40H49N7O5/c1-22(2)35-43-31-17-23(3)29(20-33(31)44-35)26-11-7-24(8-12-26)18-34(37(49)42-28-15-16-30-32(19-28)47-38(50)46-30)45-36(48)27-13-9-25(10-14-27)21-41-39(51)52-40(4,5)6/h7-8,11-12,15-17,19-20,22,25,27,34H,9-10,13-14,18,21H2,1-6H3,(H,41,51)(H,42,49)(H,43,44)(H,45,48)(H2,46,47,50)/t25?,27?,34-/m0/s1. The number of nitrogens with zero attached hydrogens (tertiary/aromatic N) is 1. The van der Waals surface area contributed by atoms with E-state index in [9.17, 15) is 19.2 Å². The van der Waals surface area contributed by atoms with E-state index >= 15 is 0 Å². The molecule has 6 rings (SSSR count). The number of carbonyl (C=O) groups is 3. The molecule has 1 aliphatic rings. The summed E-state index contributed by atoms with van der Waals surface area (Å²) in [6.45, 7) is 12.3. The fraction of sp³-hybridized carbons (Fsp3) is 0.425. The average Bonchev–Trinajstić information content (AvgIpc) is 3.68. The predicted octanol–water partition coefficient (Wildman–Crippen LogP) is 6.83. The Morgan fingerprint density at radius 2 is 1.62 bits per heavy atom. The third-order valence-corrected chi connectivity index (χ3v) is 9.67. The molecule has 1 saturated carbocycles. The lowest BCUT2D eigenvalue weighted by molar-refractivity contribution is -0.130. The molecular weight excluding hydrogens is 658 g/mol. The number of ether oxygens (including phenoxy) is 1. The van der Waals surface area contributed by atoms with Crippen LogP contribution in [-0.2, 0) is 20.7 Å². The Labute approximate surface area is 302 Å². The zero-order valence-electron chi connectivity index (χ0n) is 30.7. The van der Waals surface area contributed by atoms with Crippen LogP contribution >= 0.6 is 0 Å². The first kappa shape index (κ1) is 36.4. The first-order valence-corrected chi connectivity index (χ1v) is 18.1. The summed E-state index contributed by atoms with van der Waals surface area (Å²) in [5, 5.41) is 8.85. The molecule has 0 spiro atoms. The van der Waals surface area contributed by atoms with Crippen molar-refractivity contribution in [2.45, 2.75) is 91.2 Å². The topological polar surface area (TPSA) is 174 Å². The van der Waals surface area contributed by atoms with Crippen LogP contribution in [0.5, 0.6) is 0 Å². The number of amides is 3. The van der Waals surface area contributed by atoms with Gasteiger partial charge in [0.25, 0.3) is 0 Å². The minimum atomic E-state index is -0.845. The molecule has 1 fully saturated rings. The number of aromatic nitrogens is 4. The zero-order chi connectivity index (χ0) is 37.2. The van der Waals surface area contributed by atoms with Crippen LogP contribution in [0.15, 0.2) is 59.4 Å². The molecule has 12 nitrogen and oxygen atoms in total. The molecule has 0 bridgehead atoms. The van der Waals surface area contributed by atoms with Gasteiger partial charge in [-0.05, 0) is 112 Å². The molecule has 12 heteroatoms. The van der Waals surface area contributed by atoms with Gasteiger partial charge in [0.2, 0.25) is 11.8 Å². The molecule has 2 aromatic heterocycles. The Morgan fingerprint density at radius 1 is 0.904 bits per heavy atom. The first-order valence-electron chi connectivity index (χ1n) is 18.1. The van der Waals surface area contributed by atoms with Crippen molar-refractivity contribution in [2.75, 3.05) is 11.9 Å². The van der Waals surface area contributed by atoms with Gasteiger partial charge in [0.05, 0.1) is 22.1 Å². The molecule has 3 aromatic carbocycles. The van der Waals surface area contributed by atoms with Gasteiger partial charge >= 0.3 is 11.8 Å². The number of alkyl carbamates (subject to hydrolysis) is 1. The lowest BCUT2D eigenvalue weighted by atomic mass is 9.81. The van der Waals surface area contributed by atoms with Crippen LogP contribution in [0.3, 0.4) is 0 Å². The molecule has 0 radical (unpaired) electrons. The van der Waals surface area contributed by atoms with Gasteiger partial charge in [0, 0.05) is 30.5 Å². The summed E-state index contributed by atoms with van der Waals surface area (Å²) in [4.78, 5) is 65.0. The minimum absolute atomic E-state index is 0.163. The maximum atomic E-state index is 13.8. The Kier molecular flexibility index (Phi) is 10.5. The van der Waals surface area contributed by atoms with Crippen molar-refractivity contribution in [3.8, 4) is 11.1 Å². The van der Waals surface area contributed by atoms with Crippen LogP contribution < -0.4 is 21.6 Å². The molecule has 5 aromatic rings. The van der Waals surface area contributed by atoms with Crippen LogP contribution in [0, 0.1) is 18.8 Å². The van der Waals surface area contributed by atoms with Crippen molar-refractivity contribution in [3.63, 3.8) is 0 Å². The van der Waals surface area contributed by atoms with E-state index in [1.165, 1.54) is 0 Å². The van der Waals surface area contributed by atoms with Gasteiger partial charge in [-0.1, -0.05) is 38.1 Å². The van der Waals surface area contributed by atoms with E-state index in [2.05, 4.69) is 63.8 Å². The Morgan fingerprint density at radius 3 is 2.31 bits per heavy atom. The van der Waals surface area contributed by atoms with E-state index < -0.39 is 17.7 Å². The third-order valence-electron chi connectivity index (χ3n) is 9.67. The summed E-state index contributed by atoms with van der Waals surface area (Å²) in [6, 6.07) is 16.6. The Bertz CT molecular complexity index is 2130. The Balaban J connectivity index is 1.15. The lowest BCUT2D eigenvalue weighted by Gasteiger charge is -2.29. The van der Waals surface area contributed by atoms with Crippen LogP contribution in [0.4, 0.5) is 10.5 Å². The summed E-state index contributed by atoms with van der Waals surface area (Å²) in [6.07, 6.45) is 2.72. The fourth-order valence-corrected chi connectivity index (χ4v) is 6.83. The molecule has 0 unspecified atom stereocenters. The number of carbonyl (C=O) groups excluding carboxylic acids is 3. The second kappa shape index (κ2) is 15.1. The maximum absolute atomic E-state index is 13.8. The van der Waals surface area contributed by atoms with Crippen LogP contribution in [0.25, 0.3) is 33.2 Å². The lowest BCUT2D eigenvalue weighted by Crippen LogP contribution is -2.48. The number of hydrogen-bond acceptors (Lipinski definition) is 6. The average molecular weight is 708 g/mol. The molecule has 52 heavy (non-hydrogen) atoms. The van der Waals surface area contributed by atoms with E-state index in [1.807, 2.05) is 45.0 Å². The predicted molar refractivity (Wildman–Crippen MR) is 203 cm³/mol.